The Balaban J connectivity index is 1.57. The van der Waals surface area contributed by atoms with E-state index in [1.165, 1.54) is 23.3 Å². The molecule has 0 radical (unpaired) electrons. The number of halogens is 1. The lowest BCUT2D eigenvalue weighted by Gasteiger charge is -2.12. The third-order valence-electron chi connectivity index (χ3n) is 4.72. The van der Waals surface area contributed by atoms with Gasteiger partial charge in [0.1, 0.15) is 11.6 Å². The number of hydrogen-bond acceptors (Lipinski definition) is 5. The number of aryl methyl sites for hydroxylation is 2. The molecule has 30 heavy (non-hydrogen) atoms. The second-order valence-corrected chi connectivity index (χ2v) is 7.86. The van der Waals surface area contributed by atoms with Crippen LogP contribution in [0.4, 0.5) is 4.39 Å². The van der Waals surface area contributed by atoms with Crippen molar-refractivity contribution < 1.29 is 9.13 Å². The minimum atomic E-state index is -0.276. The van der Waals surface area contributed by atoms with Crippen molar-refractivity contribution in [1.29, 1.82) is 0 Å². The Morgan fingerprint density at radius 1 is 0.933 bits per heavy atom. The molecule has 2 aromatic carbocycles. The van der Waals surface area contributed by atoms with Crippen LogP contribution in [-0.2, 0) is 0 Å². The molecule has 5 nitrogen and oxygen atoms in total. The first-order chi connectivity index (χ1) is 14.6. The third kappa shape index (κ3) is 4.52. The zero-order chi connectivity index (χ0) is 20.9. The van der Waals surface area contributed by atoms with Crippen molar-refractivity contribution in [2.24, 2.45) is 0 Å². The highest BCUT2D eigenvalue weighted by Crippen LogP contribution is 2.28. The second-order valence-electron chi connectivity index (χ2n) is 6.80. The van der Waals surface area contributed by atoms with Crippen LogP contribution in [0.3, 0.4) is 0 Å². The van der Waals surface area contributed by atoms with E-state index in [2.05, 4.69) is 51.8 Å². The number of benzene rings is 2. The standard InChI is InChI=1S/C23H21FN4OS/c1-16-3-6-20(15-17(16)2)28-22(18-9-11-25-12-10-18)26-27-23(28)30-14-13-29-21-7-4-19(24)5-8-21/h3-12,15H,13-14H2,1-2H3. The van der Waals surface area contributed by atoms with Crippen LogP contribution < -0.4 is 4.74 Å². The zero-order valence-electron chi connectivity index (χ0n) is 16.7. The van der Waals surface area contributed by atoms with Crippen LogP contribution in [0.25, 0.3) is 17.1 Å². The van der Waals surface area contributed by atoms with Crippen LogP contribution in [0.2, 0.25) is 0 Å². The van der Waals surface area contributed by atoms with Gasteiger partial charge in [-0.15, -0.1) is 10.2 Å². The van der Waals surface area contributed by atoms with E-state index in [1.54, 1.807) is 36.3 Å². The van der Waals surface area contributed by atoms with Gasteiger partial charge in [0.15, 0.2) is 11.0 Å². The van der Waals surface area contributed by atoms with Crippen molar-refractivity contribution in [2.45, 2.75) is 19.0 Å². The Morgan fingerprint density at radius 2 is 1.70 bits per heavy atom. The molecular formula is C23H21FN4OS. The fourth-order valence-corrected chi connectivity index (χ4v) is 3.74. The van der Waals surface area contributed by atoms with Gasteiger partial charge in [-0.2, -0.15) is 0 Å². The molecule has 0 unspecified atom stereocenters. The van der Waals surface area contributed by atoms with Crippen molar-refractivity contribution in [3.05, 3.63) is 83.9 Å². The minimum Gasteiger partial charge on any atom is -0.493 e. The Labute approximate surface area is 179 Å². The van der Waals surface area contributed by atoms with Crippen LogP contribution in [0.5, 0.6) is 5.75 Å². The Kier molecular flexibility index (Phi) is 6.09. The van der Waals surface area contributed by atoms with Gasteiger partial charge in [0.25, 0.3) is 0 Å². The molecule has 0 amide bonds. The highest BCUT2D eigenvalue weighted by atomic mass is 32.2. The minimum absolute atomic E-state index is 0.276. The van der Waals surface area contributed by atoms with E-state index in [0.717, 1.165) is 22.2 Å². The quantitative estimate of drug-likeness (QED) is 0.302. The summed E-state index contributed by atoms with van der Waals surface area (Å²) >= 11 is 1.56. The van der Waals surface area contributed by atoms with Gasteiger partial charge in [0.2, 0.25) is 0 Å². The molecule has 7 heteroatoms. The molecule has 0 atom stereocenters. The molecular weight excluding hydrogens is 399 g/mol. The first-order valence-corrected chi connectivity index (χ1v) is 10.5. The molecule has 0 bridgehead atoms. The summed E-state index contributed by atoms with van der Waals surface area (Å²) in [6.45, 7) is 4.66. The summed E-state index contributed by atoms with van der Waals surface area (Å²) in [5.74, 6) is 1.81. The van der Waals surface area contributed by atoms with Gasteiger partial charge in [-0.1, -0.05) is 17.8 Å². The summed E-state index contributed by atoms with van der Waals surface area (Å²) in [5.41, 5.74) is 4.40. The summed E-state index contributed by atoms with van der Waals surface area (Å²) in [4.78, 5) is 4.10. The highest BCUT2D eigenvalue weighted by Gasteiger charge is 2.16. The zero-order valence-corrected chi connectivity index (χ0v) is 17.6. The molecule has 0 N–H and O–H groups in total. The van der Waals surface area contributed by atoms with Gasteiger partial charge in [-0.3, -0.25) is 9.55 Å². The van der Waals surface area contributed by atoms with Crippen molar-refractivity contribution in [3.8, 4) is 22.8 Å². The average molecular weight is 421 g/mol. The number of thioether (sulfide) groups is 1. The number of hydrogen-bond donors (Lipinski definition) is 0. The molecule has 0 saturated carbocycles. The Bertz CT molecular complexity index is 1130. The number of pyridine rings is 1. The molecule has 0 aliphatic rings. The van der Waals surface area contributed by atoms with Crippen molar-refractivity contribution in [1.82, 2.24) is 19.7 Å². The average Bonchev–Trinajstić information content (AvgIpc) is 3.19. The predicted octanol–water partition coefficient (Wildman–Crippen LogP) is 5.26. The summed E-state index contributed by atoms with van der Waals surface area (Å²) in [6, 6.07) is 16.2. The summed E-state index contributed by atoms with van der Waals surface area (Å²) < 4.78 is 20.8. The second kappa shape index (κ2) is 9.09. The van der Waals surface area contributed by atoms with E-state index in [9.17, 15) is 4.39 Å². The van der Waals surface area contributed by atoms with Gasteiger partial charge in [-0.05, 0) is 73.5 Å². The van der Waals surface area contributed by atoms with Crippen molar-refractivity contribution in [3.63, 3.8) is 0 Å². The van der Waals surface area contributed by atoms with E-state index >= 15 is 0 Å². The van der Waals surface area contributed by atoms with Crippen LogP contribution in [0.15, 0.2) is 72.1 Å². The van der Waals surface area contributed by atoms with Gasteiger partial charge in [0.05, 0.1) is 12.3 Å². The number of ether oxygens (including phenoxy) is 1. The van der Waals surface area contributed by atoms with Gasteiger partial charge in [-0.25, -0.2) is 4.39 Å². The molecule has 0 saturated heterocycles. The molecule has 2 aromatic heterocycles. The van der Waals surface area contributed by atoms with Crippen LogP contribution in [-0.4, -0.2) is 32.1 Å². The predicted molar refractivity (Wildman–Crippen MR) is 117 cm³/mol. The van der Waals surface area contributed by atoms with Gasteiger partial charge in [0, 0.05) is 23.7 Å². The topological polar surface area (TPSA) is 52.8 Å². The number of nitrogens with zero attached hydrogens (tertiary/aromatic N) is 4. The van der Waals surface area contributed by atoms with Crippen LogP contribution >= 0.6 is 11.8 Å². The molecule has 4 rings (SSSR count). The van der Waals surface area contributed by atoms with E-state index in [-0.39, 0.29) is 5.82 Å². The number of aromatic nitrogens is 4. The number of rotatable bonds is 7. The van der Waals surface area contributed by atoms with E-state index in [1.807, 2.05) is 12.1 Å². The van der Waals surface area contributed by atoms with Crippen LogP contribution in [0.1, 0.15) is 11.1 Å². The van der Waals surface area contributed by atoms with Crippen molar-refractivity contribution in [2.75, 3.05) is 12.4 Å². The summed E-state index contributed by atoms with van der Waals surface area (Å²) in [7, 11) is 0. The Morgan fingerprint density at radius 3 is 2.43 bits per heavy atom. The molecule has 0 aliphatic heterocycles. The molecule has 0 aliphatic carbocycles. The lowest BCUT2D eigenvalue weighted by molar-refractivity contribution is 0.343. The largest absolute Gasteiger partial charge is 0.493 e. The maximum atomic E-state index is 13.0. The first kappa shape index (κ1) is 20.1. The fraction of sp³-hybridized carbons (Fsp3) is 0.174. The normalized spacial score (nSPS) is 10.9. The molecule has 0 fully saturated rings. The molecule has 152 valence electrons. The summed E-state index contributed by atoms with van der Waals surface area (Å²) in [5, 5.41) is 9.66. The fourth-order valence-electron chi connectivity index (χ4n) is 2.97. The maximum absolute atomic E-state index is 13.0. The first-order valence-electron chi connectivity index (χ1n) is 9.56. The monoisotopic (exact) mass is 420 g/mol. The molecule has 4 aromatic rings. The van der Waals surface area contributed by atoms with Crippen molar-refractivity contribution >= 4 is 11.8 Å². The van der Waals surface area contributed by atoms with E-state index in [4.69, 9.17) is 4.74 Å². The summed E-state index contributed by atoms with van der Waals surface area (Å²) in [6.07, 6.45) is 3.50. The van der Waals surface area contributed by atoms with E-state index in [0.29, 0.717) is 18.1 Å². The third-order valence-corrected chi connectivity index (χ3v) is 5.61. The maximum Gasteiger partial charge on any atom is 0.196 e. The van der Waals surface area contributed by atoms with Gasteiger partial charge < -0.3 is 4.74 Å². The smallest absolute Gasteiger partial charge is 0.196 e. The Hall–Kier alpha value is -3.19. The lowest BCUT2D eigenvalue weighted by atomic mass is 10.1. The van der Waals surface area contributed by atoms with Crippen LogP contribution in [0, 0.1) is 19.7 Å². The molecule has 0 spiro atoms. The SMILES string of the molecule is Cc1ccc(-n2c(SCCOc3ccc(F)cc3)nnc2-c2ccncc2)cc1C. The molecule has 2 heterocycles. The van der Waals surface area contributed by atoms with E-state index < -0.39 is 0 Å². The lowest BCUT2D eigenvalue weighted by Crippen LogP contribution is -2.04. The highest BCUT2D eigenvalue weighted by molar-refractivity contribution is 7.99. The van der Waals surface area contributed by atoms with Gasteiger partial charge >= 0.3 is 0 Å².